The summed E-state index contributed by atoms with van der Waals surface area (Å²) in [5, 5.41) is 4.24. The number of hydrogen-bond donors (Lipinski definition) is 1. The van der Waals surface area contributed by atoms with Gasteiger partial charge in [0.1, 0.15) is 0 Å². The molecule has 0 unspecified atom stereocenters. The standard InChI is InChI=1S/C20H26N4O2S/c1-3-24-19(26)15-5-4-8-21-18(15)23-20(24)27-11-17(25)22-12(2)16-10-13-6-7-14(16)9-13/h4-5,8,12-14,16H,3,6-7,9-11H2,1-2H3,(H,22,25)/t12-,13+,14+,16+/m1/s1. The summed E-state index contributed by atoms with van der Waals surface area (Å²) in [5.74, 6) is 2.55. The molecule has 6 nitrogen and oxygen atoms in total. The maximum Gasteiger partial charge on any atom is 0.263 e. The first-order valence-electron chi connectivity index (χ1n) is 9.84. The molecular formula is C20H26N4O2S. The fourth-order valence-electron chi connectivity index (χ4n) is 4.86. The number of fused-ring (bicyclic) bond motifs is 3. The summed E-state index contributed by atoms with van der Waals surface area (Å²) in [7, 11) is 0. The van der Waals surface area contributed by atoms with Gasteiger partial charge in [0.2, 0.25) is 5.91 Å². The highest BCUT2D eigenvalue weighted by Gasteiger charge is 2.42. The maximum atomic E-state index is 12.6. The molecule has 144 valence electrons. The highest BCUT2D eigenvalue weighted by Crippen LogP contribution is 2.49. The minimum absolute atomic E-state index is 0.00768. The molecule has 4 atom stereocenters. The third-order valence-corrected chi connectivity index (χ3v) is 7.14. The SMILES string of the molecule is CCn1c(SCC(=O)N[C@H](C)[C@@H]2C[C@H]3CC[C@H]2C3)nc2ncccc2c1=O. The van der Waals surface area contributed by atoms with Gasteiger partial charge < -0.3 is 5.32 Å². The lowest BCUT2D eigenvalue weighted by Gasteiger charge is -2.28. The van der Waals surface area contributed by atoms with E-state index < -0.39 is 0 Å². The van der Waals surface area contributed by atoms with Gasteiger partial charge >= 0.3 is 0 Å². The minimum atomic E-state index is -0.103. The van der Waals surface area contributed by atoms with E-state index >= 15 is 0 Å². The summed E-state index contributed by atoms with van der Waals surface area (Å²) in [5.41, 5.74) is 0.333. The van der Waals surface area contributed by atoms with Crippen molar-refractivity contribution in [2.24, 2.45) is 17.8 Å². The van der Waals surface area contributed by atoms with E-state index in [-0.39, 0.29) is 23.3 Å². The third kappa shape index (κ3) is 3.61. The number of hydrogen-bond acceptors (Lipinski definition) is 5. The molecule has 7 heteroatoms. The van der Waals surface area contributed by atoms with Crippen LogP contribution in [0.5, 0.6) is 0 Å². The predicted molar refractivity (Wildman–Crippen MR) is 107 cm³/mol. The summed E-state index contributed by atoms with van der Waals surface area (Å²) >= 11 is 1.31. The monoisotopic (exact) mass is 386 g/mol. The van der Waals surface area contributed by atoms with Crippen molar-refractivity contribution in [1.29, 1.82) is 0 Å². The fraction of sp³-hybridized carbons (Fsp3) is 0.600. The first kappa shape index (κ1) is 18.5. The molecule has 2 fully saturated rings. The number of thioether (sulfide) groups is 1. The molecule has 2 aliphatic rings. The number of rotatable bonds is 6. The predicted octanol–water partition coefficient (Wildman–Crippen LogP) is 2.84. The van der Waals surface area contributed by atoms with Crippen molar-refractivity contribution in [1.82, 2.24) is 19.9 Å². The zero-order valence-corrected chi connectivity index (χ0v) is 16.7. The van der Waals surface area contributed by atoms with Crippen molar-refractivity contribution in [2.75, 3.05) is 5.75 Å². The Morgan fingerprint density at radius 2 is 2.26 bits per heavy atom. The highest BCUT2D eigenvalue weighted by atomic mass is 32.2. The maximum absolute atomic E-state index is 12.6. The average Bonchev–Trinajstić information content (AvgIpc) is 3.30. The molecule has 4 rings (SSSR count). The van der Waals surface area contributed by atoms with Gasteiger partial charge in [0, 0.05) is 18.8 Å². The number of carbonyl (C=O) groups is 1. The van der Waals surface area contributed by atoms with E-state index in [2.05, 4.69) is 22.2 Å². The van der Waals surface area contributed by atoms with Crippen LogP contribution in [0.25, 0.3) is 11.0 Å². The molecule has 1 amide bonds. The van der Waals surface area contributed by atoms with Gasteiger partial charge in [0.15, 0.2) is 10.8 Å². The Hall–Kier alpha value is -1.89. The van der Waals surface area contributed by atoms with Gasteiger partial charge in [0.05, 0.1) is 11.1 Å². The summed E-state index contributed by atoms with van der Waals surface area (Å²) < 4.78 is 1.61. The lowest BCUT2D eigenvalue weighted by atomic mass is 9.84. The van der Waals surface area contributed by atoms with Gasteiger partial charge in [-0.25, -0.2) is 9.97 Å². The smallest absolute Gasteiger partial charge is 0.263 e. The van der Waals surface area contributed by atoms with Crippen LogP contribution in [0.4, 0.5) is 0 Å². The van der Waals surface area contributed by atoms with Crippen molar-refractivity contribution in [3.63, 3.8) is 0 Å². The van der Waals surface area contributed by atoms with Crippen LogP contribution in [0.3, 0.4) is 0 Å². The van der Waals surface area contributed by atoms with E-state index in [4.69, 9.17) is 0 Å². The third-order valence-electron chi connectivity index (χ3n) is 6.17. The number of amides is 1. The van der Waals surface area contributed by atoms with E-state index in [1.54, 1.807) is 22.9 Å². The van der Waals surface area contributed by atoms with Crippen LogP contribution in [0.2, 0.25) is 0 Å². The van der Waals surface area contributed by atoms with Crippen molar-refractivity contribution in [3.8, 4) is 0 Å². The zero-order valence-electron chi connectivity index (χ0n) is 15.9. The average molecular weight is 387 g/mol. The molecule has 2 bridgehead atoms. The van der Waals surface area contributed by atoms with Crippen LogP contribution in [-0.4, -0.2) is 32.2 Å². The molecule has 2 heterocycles. The van der Waals surface area contributed by atoms with E-state index in [1.807, 2.05) is 6.92 Å². The van der Waals surface area contributed by atoms with Crippen molar-refractivity contribution in [2.45, 2.75) is 57.3 Å². The molecule has 2 aliphatic carbocycles. The van der Waals surface area contributed by atoms with Crippen LogP contribution < -0.4 is 10.9 Å². The topological polar surface area (TPSA) is 76.9 Å². The Labute approximate surface area is 163 Å². The highest BCUT2D eigenvalue weighted by molar-refractivity contribution is 7.99. The molecule has 0 spiro atoms. The Bertz CT molecular complexity index is 912. The summed E-state index contributed by atoms with van der Waals surface area (Å²) in [6, 6.07) is 3.69. The summed E-state index contributed by atoms with van der Waals surface area (Å²) in [4.78, 5) is 33.8. The van der Waals surface area contributed by atoms with E-state index in [9.17, 15) is 9.59 Å². The van der Waals surface area contributed by atoms with Crippen LogP contribution in [0.1, 0.15) is 39.5 Å². The van der Waals surface area contributed by atoms with Gasteiger partial charge in [-0.1, -0.05) is 18.2 Å². The molecule has 0 aromatic carbocycles. The Morgan fingerprint density at radius 3 is 2.96 bits per heavy atom. The lowest BCUT2D eigenvalue weighted by molar-refractivity contribution is -0.119. The van der Waals surface area contributed by atoms with Crippen LogP contribution in [-0.2, 0) is 11.3 Å². The molecule has 2 aromatic heterocycles. The largest absolute Gasteiger partial charge is 0.353 e. The van der Waals surface area contributed by atoms with Crippen LogP contribution in [0, 0.1) is 17.8 Å². The number of carbonyl (C=O) groups excluding carboxylic acids is 1. The van der Waals surface area contributed by atoms with E-state index in [1.165, 1.54) is 37.4 Å². The number of nitrogens with zero attached hydrogens (tertiary/aromatic N) is 3. The minimum Gasteiger partial charge on any atom is -0.353 e. The van der Waals surface area contributed by atoms with Gasteiger partial charge in [0.25, 0.3) is 5.56 Å². The molecule has 1 N–H and O–H groups in total. The second-order valence-corrected chi connectivity index (χ2v) is 8.74. The second-order valence-electron chi connectivity index (χ2n) is 7.80. The van der Waals surface area contributed by atoms with E-state index in [0.717, 1.165) is 11.8 Å². The van der Waals surface area contributed by atoms with Gasteiger partial charge in [-0.15, -0.1) is 0 Å². The Balaban J connectivity index is 1.42. The molecular weight excluding hydrogens is 360 g/mol. The first-order valence-corrected chi connectivity index (χ1v) is 10.8. The first-order chi connectivity index (χ1) is 13.1. The van der Waals surface area contributed by atoms with Gasteiger partial charge in [-0.2, -0.15) is 0 Å². The van der Waals surface area contributed by atoms with Crippen molar-refractivity contribution < 1.29 is 4.79 Å². The van der Waals surface area contributed by atoms with E-state index in [0.29, 0.717) is 28.7 Å². The van der Waals surface area contributed by atoms with Crippen molar-refractivity contribution in [3.05, 3.63) is 28.7 Å². The van der Waals surface area contributed by atoms with Gasteiger partial charge in [-0.3, -0.25) is 14.2 Å². The number of aromatic nitrogens is 3. The fourth-order valence-corrected chi connectivity index (χ4v) is 5.73. The molecule has 2 saturated carbocycles. The summed E-state index contributed by atoms with van der Waals surface area (Å²) in [6.45, 7) is 4.56. The second kappa shape index (κ2) is 7.62. The molecule has 0 radical (unpaired) electrons. The normalized spacial score (nSPS) is 25.0. The summed E-state index contributed by atoms with van der Waals surface area (Å²) in [6.07, 6.45) is 6.92. The molecule has 27 heavy (non-hydrogen) atoms. The molecule has 0 aliphatic heterocycles. The van der Waals surface area contributed by atoms with Crippen LogP contribution in [0.15, 0.2) is 28.3 Å². The Morgan fingerprint density at radius 1 is 1.41 bits per heavy atom. The van der Waals surface area contributed by atoms with Gasteiger partial charge in [-0.05, 0) is 63.0 Å². The molecule has 2 aromatic rings. The van der Waals surface area contributed by atoms with Crippen molar-refractivity contribution >= 4 is 28.7 Å². The zero-order chi connectivity index (χ0) is 19.0. The lowest BCUT2D eigenvalue weighted by Crippen LogP contribution is -2.41. The number of pyridine rings is 1. The van der Waals surface area contributed by atoms with Crippen LogP contribution >= 0.6 is 11.8 Å². The quantitative estimate of drug-likeness (QED) is 0.610. The Kier molecular flexibility index (Phi) is 5.21. The number of nitrogens with one attached hydrogen (secondary N) is 1. The molecule has 0 saturated heterocycles.